The van der Waals surface area contributed by atoms with Crippen LogP contribution in [0.5, 0.6) is 5.75 Å². The van der Waals surface area contributed by atoms with Crippen LogP contribution in [0.3, 0.4) is 0 Å². The molecule has 0 bridgehead atoms. The quantitative estimate of drug-likeness (QED) is 0.577. The molecule has 3 aromatic rings. The number of aromatic carboxylic acids is 1. The molecule has 24 heavy (non-hydrogen) atoms. The third-order valence-electron chi connectivity index (χ3n) is 2.98. The lowest BCUT2D eigenvalue weighted by Gasteiger charge is -2.02. The molecule has 4 nitrogen and oxygen atoms in total. The number of hydrogen-bond acceptors (Lipinski definition) is 3. The highest BCUT2D eigenvalue weighted by Crippen LogP contribution is 2.11. The van der Waals surface area contributed by atoms with Crippen LogP contribution in [0.1, 0.15) is 20.7 Å². The van der Waals surface area contributed by atoms with E-state index in [9.17, 15) is 9.59 Å². The van der Waals surface area contributed by atoms with E-state index < -0.39 is 5.97 Å². The van der Waals surface area contributed by atoms with Gasteiger partial charge >= 0.3 is 11.9 Å². The zero-order valence-corrected chi connectivity index (χ0v) is 12.8. The van der Waals surface area contributed by atoms with Crippen LogP contribution in [0.15, 0.2) is 91.0 Å². The standard InChI is InChI=1S/C13H10O2.C7H6O2/c14-13(11-7-3-1-4-8-11)15-12-9-5-2-6-10-12;8-7(9)6-4-2-1-3-5-6/h1-10H;1-5H,(H,8,9). The van der Waals surface area contributed by atoms with Gasteiger partial charge in [0.15, 0.2) is 0 Å². The zero-order valence-electron chi connectivity index (χ0n) is 12.8. The second kappa shape index (κ2) is 8.90. The van der Waals surface area contributed by atoms with Crippen molar-refractivity contribution in [3.8, 4) is 5.75 Å². The molecule has 0 spiro atoms. The Morgan fingerprint density at radius 1 is 0.625 bits per heavy atom. The highest BCUT2D eigenvalue weighted by molar-refractivity contribution is 5.90. The first kappa shape index (κ1) is 17.0. The Hall–Kier alpha value is -3.40. The lowest BCUT2D eigenvalue weighted by Crippen LogP contribution is -2.07. The summed E-state index contributed by atoms with van der Waals surface area (Å²) < 4.78 is 5.16. The van der Waals surface area contributed by atoms with Crippen LogP contribution in [-0.2, 0) is 0 Å². The normalized spacial score (nSPS) is 9.33. The van der Waals surface area contributed by atoms with Crippen LogP contribution >= 0.6 is 0 Å². The molecule has 3 aromatic carbocycles. The summed E-state index contributed by atoms with van der Waals surface area (Å²) in [6.07, 6.45) is 0. The largest absolute Gasteiger partial charge is 0.478 e. The van der Waals surface area contributed by atoms with Gasteiger partial charge in [-0.25, -0.2) is 9.59 Å². The number of carbonyl (C=O) groups is 2. The van der Waals surface area contributed by atoms with Crippen molar-refractivity contribution in [2.75, 3.05) is 0 Å². The summed E-state index contributed by atoms with van der Waals surface area (Å²) in [7, 11) is 0. The van der Waals surface area contributed by atoms with Crippen LogP contribution in [0.25, 0.3) is 0 Å². The smallest absolute Gasteiger partial charge is 0.343 e. The Morgan fingerprint density at radius 3 is 1.46 bits per heavy atom. The van der Waals surface area contributed by atoms with Gasteiger partial charge < -0.3 is 9.84 Å². The number of carboxylic acids is 1. The summed E-state index contributed by atoms with van der Waals surface area (Å²) in [5, 5.41) is 8.38. The number of benzene rings is 3. The van der Waals surface area contributed by atoms with Gasteiger partial charge in [-0.3, -0.25) is 0 Å². The topological polar surface area (TPSA) is 63.6 Å². The van der Waals surface area contributed by atoms with Gasteiger partial charge in [0.1, 0.15) is 5.75 Å². The van der Waals surface area contributed by atoms with Gasteiger partial charge in [-0.05, 0) is 36.4 Å². The van der Waals surface area contributed by atoms with E-state index in [2.05, 4.69) is 0 Å². The molecule has 0 atom stereocenters. The third kappa shape index (κ3) is 5.42. The van der Waals surface area contributed by atoms with E-state index in [1.807, 2.05) is 36.4 Å². The summed E-state index contributed by atoms with van der Waals surface area (Å²) >= 11 is 0. The molecule has 0 aliphatic heterocycles. The fraction of sp³-hybridized carbons (Fsp3) is 0. The van der Waals surface area contributed by atoms with Crippen molar-refractivity contribution < 1.29 is 19.4 Å². The lowest BCUT2D eigenvalue weighted by molar-refractivity contribution is 0.0694. The van der Waals surface area contributed by atoms with E-state index in [0.29, 0.717) is 16.9 Å². The number of rotatable bonds is 3. The number of ether oxygens (including phenoxy) is 1. The molecule has 0 aliphatic carbocycles. The minimum absolute atomic E-state index is 0.331. The molecule has 120 valence electrons. The molecular formula is C20H16O4. The number of hydrogen-bond donors (Lipinski definition) is 1. The van der Waals surface area contributed by atoms with Crippen molar-refractivity contribution in [3.63, 3.8) is 0 Å². The molecule has 1 N–H and O–H groups in total. The molecule has 0 amide bonds. The Kier molecular flexibility index (Phi) is 6.29. The fourth-order valence-electron chi connectivity index (χ4n) is 1.81. The van der Waals surface area contributed by atoms with Crippen molar-refractivity contribution in [3.05, 3.63) is 102 Å². The van der Waals surface area contributed by atoms with E-state index in [4.69, 9.17) is 9.84 Å². The van der Waals surface area contributed by atoms with Gasteiger partial charge in [0.25, 0.3) is 0 Å². The summed E-state index contributed by atoms with van der Waals surface area (Å²) in [6.45, 7) is 0. The Bertz CT molecular complexity index is 769. The van der Waals surface area contributed by atoms with Crippen molar-refractivity contribution in [2.24, 2.45) is 0 Å². The number of carboxylic acid groups (broad SMARTS) is 1. The molecule has 0 radical (unpaired) electrons. The molecule has 0 unspecified atom stereocenters. The molecule has 0 aromatic heterocycles. The molecule has 4 heteroatoms. The summed E-state index contributed by atoms with van der Waals surface area (Å²) in [5.41, 5.74) is 0.888. The zero-order chi connectivity index (χ0) is 17.2. The number of esters is 1. The first-order valence-corrected chi connectivity index (χ1v) is 7.27. The SMILES string of the molecule is O=C(O)c1ccccc1.O=C(Oc1ccccc1)c1ccccc1. The van der Waals surface area contributed by atoms with E-state index in [1.165, 1.54) is 0 Å². The van der Waals surface area contributed by atoms with Gasteiger partial charge in [-0.15, -0.1) is 0 Å². The van der Waals surface area contributed by atoms with Crippen molar-refractivity contribution in [1.29, 1.82) is 0 Å². The minimum atomic E-state index is -0.879. The second-order valence-corrected chi connectivity index (χ2v) is 4.74. The maximum Gasteiger partial charge on any atom is 0.343 e. The van der Waals surface area contributed by atoms with E-state index in [0.717, 1.165) is 0 Å². The molecule has 3 rings (SSSR count). The maximum absolute atomic E-state index is 11.6. The van der Waals surface area contributed by atoms with E-state index >= 15 is 0 Å². The Labute approximate surface area is 140 Å². The van der Waals surface area contributed by atoms with Crippen molar-refractivity contribution in [2.45, 2.75) is 0 Å². The number of para-hydroxylation sites is 1. The molecule has 0 saturated carbocycles. The molecular weight excluding hydrogens is 304 g/mol. The van der Waals surface area contributed by atoms with Crippen LogP contribution in [-0.4, -0.2) is 17.0 Å². The highest BCUT2D eigenvalue weighted by Gasteiger charge is 2.06. The maximum atomic E-state index is 11.6. The summed E-state index contributed by atoms with van der Waals surface area (Å²) in [5.74, 6) is -0.649. The van der Waals surface area contributed by atoms with E-state index in [-0.39, 0.29) is 5.97 Å². The number of carbonyl (C=O) groups excluding carboxylic acids is 1. The van der Waals surface area contributed by atoms with Gasteiger partial charge in [-0.2, -0.15) is 0 Å². The average molecular weight is 320 g/mol. The molecule has 0 heterocycles. The van der Waals surface area contributed by atoms with Gasteiger partial charge in [0, 0.05) is 0 Å². The van der Waals surface area contributed by atoms with Crippen LogP contribution in [0.4, 0.5) is 0 Å². The predicted octanol–water partition coefficient (Wildman–Crippen LogP) is 4.29. The van der Waals surface area contributed by atoms with Gasteiger partial charge in [0.2, 0.25) is 0 Å². The minimum Gasteiger partial charge on any atom is -0.478 e. The summed E-state index contributed by atoms with van der Waals surface area (Å²) in [6, 6.07) is 26.3. The lowest BCUT2D eigenvalue weighted by atomic mass is 10.2. The summed E-state index contributed by atoms with van der Waals surface area (Å²) in [4.78, 5) is 21.8. The van der Waals surface area contributed by atoms with Gasteiger partial charge in [0.05, 0.1) is 11.1 Å². The fourth-order valence-corrected chi connectivity index (χ4v) is 1.81. The van der Waals surface area contributed by atoms with Crippen LogP contribution in [0.2, 0.25) is 0 Å². The van der Waals surface area contributed by atoms with Crippen molar-refractivity contribution in [1.82, 2.24) is 0 Å². The van der Waals surface area contributed by atoms with Crippen LogP contribution < -0.4 is 4.74 Å². The Balaban J connectivity index is 0.000000198. The predicted molar refractivity (Wildman–Crippen MR) is 91.2 cm³/mol. The van der Waals surface area contributed by atoms with E-state index in [1.54, 1.807) is 54.6 Å². The molecule has 0 saturated heterocycles. The molecule has 0 aliphatic rings. The van der Waals surface area contributed by atoms with Crippen molar-refractivity contribution >= 4 is 11.9 Å². The molecule has 0 fully saturated rings. The average Bonchev–Trinajstić information content (AvgIpc) is 2.64. The monoisotopic (exact) mass is 320 g/mol. The van der Waals surface area contributed by atoms with Gasteiger partial charge in [-0.1, -0.05) is 54.6 Å². The Morgan fingerprint density at radius 2 is 1.04 bits per heavy atom. The second-order valence-electron chi connectivity index (χ2n) is 4.74. The third-order valence-corrected chi connectivity index (χ3v) is 2.98. The first-order chi connectivity index (χ1) is 11.7. The van der Waals surface area contributed by atoms with Crippen LogP contribution in [0, 0.1) is 0 Å². The highest BCUT2D eigenvalue weighted by atomic mass is 16.5. The first-order valence-electron chi connectivity index (χ1n) is 7.27.